The number of aryl methyl sites for hydroxylation is 4. The number of hydrogen-bond donors (Lipinski definition) is 0. The standard InChI is InChI=1S/C23H26N2O2S/c1-14-10-17(4)21-20(11-14)28-23(24-21)25(13-19-6-5-9-27-19)22(26)18-8-7-15(2)16(3)12-18/h7-8,10-12,19H,5-6,9,13H2,1-4H3. The molecule has 1 saturated heterocycles. The summed E-state index contributed by atoms with van der Waals surface area (Å²) in [6.45, 7) is 9.59. The van der Waals surface area contributed by atoms with E-state index in [0.29, 0.717) is 12.1 Å². The molecule has 0 spiro atoms. The van der Waals surface area contributed by atoms with Gasteiger partial charge < -0.3 is 4.74 Å². The normalized spacial score (nSPS) is 16.6. The predicted octanol–water partition coefficient (Wildman–Crippen LogP) is 5.36. The number of anilines is 1. The van der Waals surface area contributed by atoms with Gasteiger partial charge in [-0.15, -0.1) is 0 Å². The minimum atomic E-state index is -0.00738. The molecule has 2 aromatic carbocycles. The summed E-state index contributed by atoms with van der Waals surface area (Å²) in [6, 6.07) is 10.2. The topological polar surface area (TPSA) is 42.4 Å². The van der Waals surface area contributed by atoms with Gasteiger partial charge in [0, 0.05) is 12.2 Å². The number of fused-ring (bicyclic) bond motifs is 1. The van der Waals surface area contributed by atoms with Gasteiger partial charge in [-0.1, -0.05) is 23.5 Å². The van der Waals surface area contributed by atoms with Crippen LogP contribution in [0.25, 0.3) is 10.2 Å². The summed E-state index contributed by atoms with van der Waals surface area (Å²) in [7, 11) is 0. The maximum absolute atomic E-state index is 13.5. The molecule has 1 aliphatic rings. The van der Waals surface area contributed by atoms with Gasteiger partial charge in [0.05, 0.1) is 22.9 Å². The Morgan fingerprint density at radius 3 is 2.68 bits per heavy atom. The third-order valence-corrected chi connectivity index (χ3v) is 6.48. The molecular formula is C23H26N2O2S. The zero-order chi connectivity index (χ0) is 19.8. The van der Waals surface area contributed by atoms with Crippen LogP contribution in [-0.4, -0.2) is 30.1 Å². The van der Waals surface area contributed by atoms with Crippen molar-refractivity contribution in [2.45, 2.75) is 46.6 Å². The summed E-state index contributed by atoms with van der Waals surface area (Å²) in [5.41, 5.74) is 6.36. The molecule has 0 radical (unpaired) electrons. The van der Waals surface area contributed by atoms with Crippen molar-refractivity contribution in [2.24, 2.45) is 0 Å². The van der Waals surface area contributed by atoms with E-state index in [1.54, 1.807) is 11.3 Å². The molecule has 28 heavy (non-hydrogen) atoms. The van der Waals surface area contributed by atoms with Crippen molar-refractivity contribution in [1.82, 2.24) is 4.98 Å². The maximum Gasteiger partial charge on any atom is 0.260 e. The smallest absolute Gasteiger partial charge is 0.260 e. The third kappa shape index (κ3) is 3.69. The van der Waals surface area contributed by atoms with Crippen LogP contribution in [0, 0.1) is 27.7 Å². The first-order valence-electron chi connectivity index (χ1n) is 9.81. The number of rotatable bonds is 4. The second-order valence-corrected chi connectivity index (χ2v) is 8.78. The molecule has 1 unspecified atom stereocenters. The van der Waals surface area contributed by atoms with Gasteiger partial charge in [0.1, 0.15) is 0 Å². The lowest BCUT2D eigenvalue weighted by Gasteiger charge is -2.23. The molecule has 0 saturated carbocycles. The molecule has 0 aliphatic carbocycles. The highest BCUT2D eigenvalue weighted by atomic mass is 32.1. The van der Waals surface area contributed by atoms with E-state index in [1.807, 2.05) is 30.0 Å². The Morgan fingerprint density at radius 1 is 1.14 bits per heavy atom. The molecule has 1 aromatic heterocycles. The molecule has 1 amide bonds. The van der Waals surface area contributed by atoms with Gasteiger partial charge in [0.25, 0.3) is 5.91 Å². The molecule has 0 N–H and O–H groups in total. The molecule has 2 heterocycles. The number of aromatic nitrogens is 1. The number of carbonyl (C=O) groups excluding carboxylic acids is 1. The number of thiazole rings is 1. The molecule has 1 atom stereocenters. The minimum Gasteiger partial charge on any atom is -0.376 e. The molecule has 5 heteroatoms. The lowest BCUT2D eigenvalue weighted by Crippen LogP contribution is -2.37. The summed E-state index contributed by atoms with van der Waals surface area (Å²) in [4.78, 5) is 20.1. The first-order chi connectivity index (χ1) is 13.4. The zero-order valence-corrected chi connectivity index (χ0v) is 17.7. The molecule has 3 aromatic rings. The van der Waals surface area contributed by atoms with Crippen LogP contribution < -0.4 is 4.90 Å². The van der Waals surface area contributed by atoms with E-state index in [4.69, 9.17) is 9.72 Å². The molecule has 0 bridgehead atoms. The van der Waals surface area contributed by atoms with Crippen molar-refractivity contribution in [3.05, 3.63) is 58.1 Å². The van der Waals surface area contributed by atoms with Crippen LogP contribution in [0.2, 0.25) is 0 Å². The zero-order valence-electron chi connectivity index (χ0n) is 16.9. The van der Waals surface area contributed by atoms with Crippen LogP contribution in [0.15, 0.2) is 30.3 Å². The Balaban J connectivity index is 1.75. The van der Waals surface area contributed by atoms with Crippen molar-refractivity contribution >= 4 is 32.6 Å². The van der Waals surface area contributed by atoms with Crippen LogP contribution in [0.3, 0.4) is 0 Å². The summed E-state index contributed by atoms with van der Waals surface area (Å²) in [5, 5.41) is 0.752. The van der Waals surface area contributed by atoms with Crippen molar-refractivity contribution in [1.29, 1.82) is 0 Å². The highest BCUT2D eigenvalue weighted by Gasteiger charge is 2.27. The number of ether oxygens (including phenoxy) is 1. The minimum absolute atomic E-state index is 0.00738. The predicted molar refractivity (Wildman–Crippen MR) is 116 cm³/mol. The summed E-state index contributed by atoms with van der Waals surface area (Å²) in [5.74, 6) is -0.00738. The van der Waals surface area contributed by atoms with E-state index in [-0.39, 0.29) is 12.0 Å². The van der Waals surface area contributed by atoms with E-state index in [9.17, 15) is 4.79 Å². The average Bonchev–Trinajstić information content (AvgIpc) is 3.31. The van der Waals surface area contributed by atoms with Crippen molar-refractivity contribution < 1.29 is 9.53 Å². The van der Waals surface area contributed by atoms with Crippen molar-refractivity contribution in [2.75, 3.05) is 18.1 Å². The quantitative estimate of drug-likeness (QED) is 0.598. The SMILES string of the molecule is Cc1cc(C)c2nc(N(CC3CCCO3)C(=O)c3ccc(C)c(C)c3)sc2c1. The number of amides is 1. The fraction of sp³-hybridized carbons (Fsp3) is 0.391. The molecular weight excluding hydrogens is 368 g/mol. The molecule has 1 fully saturated rings. The Kier molecular flexibility index (Phi) is 5.21. The molecule has 4 rings (SSSR count). The van der Waals surface area contributed by atoms with Crippen LogP contribution in [0.4, 0.5) is 5.13 Å². The Morgan fingerprint density at radius 2 is 1.96 bits per heavy atom. The lowest BCUT2D eigenvalue weighted by atomic mass is 10.1. The molecule has 4 nitrogen and oxygen atoms in total. The van der Waals surface area contributed by atoms with Crippen LogP contribution in [0.5, 0.6) is 0 Å². The van der Waals surface area contributed by atoms with Gasteiger partial charge in [-0.3, -0.25) is 9.69 Å². The van der Waals surface area contributed by atoms with E-state index < -0.39 is 0 Å². The second kappa shape index (κ2) is 7.64. The summed E-state index contributed by atoms with van der Waals surface area (Å²) >= 11 is 1.59. The third-order valence-electron chi connectivity index (χ3n) is 5.46. The van der Waals surface area contributed by atoms with Crippen molar-refractivity contribution in [3.8, 4) is 0 Å². The fourth-order valence-corrected chi connectivity index (χ4v) is 4.89. The Labute approximate surface area is 170 Å². The highest BCUT2D eigenvalue weighted by Crippen LogP contribution is 2.33. The number of nitrogens with zero attached hydrogens (tertiary/aromatic N) is 2. The number of benzene rings is 2. The molecule has 1 aliphatic heterocycles. The summed E-state index contributed by atoms with van der Waals surface area (Å²) < 4.78 is 6.96. The lowest BCUT2D eigenvalue weighted by molar-refractivity contribution is 0.0917. The Bertz CT molecular complexity index is 1030. The van der Waals surface area contributed by atoms with Gasteiger partial charge in [-0.25, -0.2) is 4.98 Å². The first-order valence-corrected chi connectivity index (χ1v) is 10.6. The van der Waals surface area contributed by atoms with Gasteiger partial charge in [-0.2, -0.15) is 0 Å². The van der Waals surface area contributed by atoms with Crippen LogP contribution >= 0.6 is 11.3 Å². The maximum atomic E-state index is 13.5. The summed E-state index contributed by atoms with van der Waals surface area (Å²) in [6.07, 6.45) is 2.11. The Hall–Kier alpha value is -2.24. The van der Waals surface area contributed by atoms with Gasteiger partial charge in [0.2, 0.25) is 0 Å². The van der Waals surface area contributed by atoms with E-state index in [2.05, 4.69) is 32.9 Å². The molecule has 146 valence electrons. The van der Waals surface area contributed by atoms with Gasteiger partial charge in [-0.05, 0) is 81.0 Å². The second-order valence-electron chi connectivity index (χ2n) is 7.77. The number of hydrogen-bond acceptors (Lipinski definition) is 4. The van der Waals surface area contributed by atoms with E-state index >= 15 is 0 Å². The number of carbonyl (C=O) groups is 1. The first kappa shape index (κ1) is 19.1. The van der Waals surface area contributed by atoms with Gasteiger partial charge in [0.15, 0.2) is 5.13 Å². The van der Waals surface area contributed by atoms with Crippen molar-refractivity contribution in [3.63, 3.8) is 0 Å². The highest BCUT2D eigenvalue weighted by molar-refractivity contribution is 7.22. The van der Waals surface area contributed by atoms with E-state index in [1.165, 1.54) is 11.1 Å². The largest absolute Gasteiger partial charge is 0.376 e. The van der Waals surface area contributed by atoms with Crippen LogP contribution in [-0.2, 0) is 4.74 Å². The van der Waals surface area contributed by atoms with Gasteiger partial charge >= 0.3 is 0 Å². The average molecular weight is 395 g/mol. The fourth-order valence-electron chi connectivity index (χ4n) is 3.74. The van der Waals surface area contributed by atoms with E-state index in [0.717, 1.165) is 45.9 Å². The van der Waals surface area contributed by atoms with Crippen LogP contribution in [0.1, 0.15) is 45.5 Å². The monoisotopic (exact) mass is 394 g/mol.